The fraction of sp³-hybridized carbons (Fsp3) is 0.158. The van der Waals surface area contributed by atoms with Gasteiger partial charge in [0.05, 0.1) is 7.11 Å². The van der Waals surface area contributed by atoms with Crippen molar-refractivity contribution in [2.75, 3.05) is 17.7 Å². The Morgan fingerprint density at radius 3 is 2.81 bits per heavy atom. The number of hydrogen-bond donors (Lipinski definition) is 2. The smallest absolute Gasteiger partial charge is 0.274 e. The zero-order valence-electron chi connectivity index (χ0n) is 14.6. The first-order valence-electron chi connectivity index (χ1n) is 8.08. The Hall–Kier alpha value is -3.48. The normalized spacial score (nSPS) is 10.2. The predicted molar refractivity (Wildman–Crippen MR) is 99.3 cm³/mol. The van der Waals surface area contributed by atoms with Crippen LogP contribution in [0.4, 0.5) is 11.5 Å². The third kappa shape index (κ3) is 4.54. The zero-order valence-corrected chi connectivity index (χ0v) is 14.6. The van der Waals surface area contributed by atoms with Crippen LogP contribution in [-0.2, 0) is 6.54 Å². The topological polar surface area (TPSA) is 89.0 Å². The fourth-order valence-electron chi connectivity index (χ4n) is 2.37. The van der Waals surface area contributed by atoms with Crippen LogP contribution in [0.15, 0.2) is 54.9 Å². The average molecular weight is 349 g/mol. The second-order valence-corrected chi connectivity index (χ2v) is 5.59. The lowest BCUT2D eigenvalue weighted by Crippen LogP contribution is -2.16. The van der Waals surface area contributed by atoms with E-state index >= 15 is 0 Å². The Kier molecular flexibility index (Phi) is 5.38. The molecule has 2 heterocycles. The van der Waals surface area contributed by atoms with Crippen LogP contribution in [0, 0.1) is 6.92 Å². The van der Waals surface area contributed by atoms with E-state index < -0.39 is 0 Å². The average Bonchev–Trinajstić information content (AvgIpc) is 2.67. The highest BCUT2D eigenvalue weighted by Crippen LogP contribution is 2.18. The molecule has 132 valence electrons. The van der Waals surface area contributed by atoms with E-state index in [0.717, 1.165) is 5.56 Å². The van der Waals surface area contributed by atoms with Crippen molar-refractivity contribution in [1.29, 1.82) is 0 Å². The second kappa shape index (κ2) is 8.06. The maximum absolute atomic E-state index is 12.5. The number of hydrogen-bond acceptors (Lipinski definition) is 6. The van der Waals surface area contributed by atoms with Gasteiger partial charge in [-0.2, -0.15) is 0 Å². The Morgan fingerprint density at radius 2 is 2.04 bits per heavy atom. The van der Waals surface area contributed by atoms with Gasteiger partial charge in [-0.05, 0) is 30.7 Å². The third-order valence-electron chi connectivity index (χ3n) is 3.59. The van der Waals surface area contributed by atoms with Crippen LogP contribution < -0.4 is 15.4 Å². The molecule has 7 nitrogen and oxygen atoms in total. The van der Waals surface area contributed by atoms with Crippen LogP contribution in [0.5, 0.6) is 5.75 Å². The van der Waals surface area contributed by atoms with Gasteiger partial charge in [-0.15, -0.1) is 0 Å². The first-order valence-corrected chi connectivity index (χ1v) is 8.08. The lowest BCUT2D eigenvalue weighted by molar-refractivity contribution is 0.102. The van der Waals surface area contributed by atoms with Gasteiger partial charge in [-0.25, -0.2) is 9.97 Å². The number of nitrogens with zero attached hydrogens (tertiary/aromatic N) is 3. The van der Waals surface area contributed by atoms with E-state index in [4.69, 9.17) is 4.74 Å². The number of aryl methyl sites for hydroxylation is 1. The van der Waals surface area contributed by atoms with E-state index in [-0.39, 0.29) is 11.6 Å². The number of carbonyl (C=O) groups excluding carboxylic acids is 1. The molecule has 0 bridgehead atoms. The van der Waals surface area contributed by atoms with Gasteiger partial charge in [-0.3, -0.25) is 9.78 Å². The van der Waals surface area contributed by atoms with Gasteiger partial charge < -0.3 is 15.4 Å². The van der Waals surface area contributed by atoms with Gasteiger partial charge >= 0.3 is 0 Å². The summed E-state index contributed by atoms with van der Waals surface area (Å²) in [6, 6.07) is 12.6. The summed E-state index contributed by atoms with van der Waals surface area (Å²) in [5.41, 5.74) is 1.94. The molecule has 3 rings (SSSR count). The van der Waals surface area contributed by atoms with Crippen LogP contribution in [0.3, 0.4) is 0 Å². The van der Waals surface area contributed by atoms with E-state index in [1.54, 1.807) is 50.7 Å². The quantitative estimate of drug-likeness (QED) is 0.711. The largest absolute Gasteiger partial charge is 0.497 e. The standard InChI is InChI=1S/C19H19N5O2/c1-13-22-17(19(25)24-15-6-3-7-16(9-15)26-2)10-18(23-13)21-12-14-5-4-8-20-11-14/h3-11H,12H2,1-2H3,(H,24,25)(H,21,22,23). The van der Waals surface area contributed by atoms with Crippen molar-refractivity contribution in [3.63, 3.8) is 0 Å². The van der Waals surface area contributed by atoms with Crippen molar-refractivity contribution in [2.45, 2.75) is 13.5 Å². The molecule has 0 aliphatic rings. The molecule has 0 radical (unpaired) electrons. The van der Waals surface area contributed by atoms with Crippen molar-refractivity contribution in [2.24, 2.45) is 0 Å². The van der Waals surface area contributed by atoms with Crippen molar-refractivity contribution in [1.82, 2.24) is 15.0 Å². The summed E-state index contributed by atoms with van der Waals surface area (Å²) in [5.74, 6) is 1.45. The molecule has 1 aromatic carbocycles. The highest BCUT2D eigenvalue weighted by molar-refractivity contribution is 6.03. The zero-order chi connectivity index (χ0) is 18.4. The molecule has 2 aromatic heterocycles. The summed E-state index contributed by atoms with van der Waals surface area (Å²) in [4.78, 5) is 25.1. The van der Waals surface area contributed by atoms with Crippen LogP contribution in [0.25, 0.3) is 0 Å². The molecule has 3 aromatic rings. The second-order valence-electron chi connectivity index (χ2n) is 5.59. The van der Waals surface area contributed by atoms with E-state index in [0.29, 0.717) is 29.6 Å². The maximum atomic E-state index is 12.5. The highest BCUT2D eigenvalue weighted by Gasteiger charge is 2.11. The Bertz CT molecular complexity index is 899. The van der Waals surface area contributed by atoms with Gasteiger partial charge in [0.15, 0.2) is 0 Å². The number of ether oxygens (including phenoxy) is 1. The summed E-state index contributed by atoms with van der Waals surface area (Å²) in [5, 5.41) is 6.00. The summed E-state index contributed by atoms with van der Waals surface area (Å²) >= 11 is 0. The SMILES string of the molecule is COc1cccc(NC(=O)c2cc(NCc3cccnc3)nc(C)n2)c1. The van der Waals surface area contributed by atoms with Crippen molar-refractivity contribution in [3.05, 3.63) is 71.9 Å². The molecule has 0 fully saturated rings. The van der Waals surface area contributed by atoms with E-state index in [1.165, 1.54) is 0 Å². The third-order valence-corrected chi connectivity index (χ3v) is 3.59. The Labute approximate surface area is 151 Å². The molecule has 7 heteroatoms. The van der Waals surface area contributed by atoms with Crippen LogP contribution in [-0.4, -0.2) is 28.0 Å². The molecule has 0 aliphatic carbocycles. The van der Waals surface area contributed by atoms with E-state index in [9.17, 15) is 4.79 Å². The minimum absolute atomic E-state index is 0.286. The minimum Gasteiger partial charge on any atom is -0.497 e. The van der Waals surface area contributed by atoms with E-state index in [2.05, 4.69) is 25.6 Å². The molecule has 0 unspecified atom stereocenters. The number of amides is 1. The summed E-state index contributed by atoms with van der Waals surface area (Å²) < 4.78 is 5.16. The van der Waals surface area contributed by atoms with Gasteiger partial charge in [0.25, 0.3) is 5.91 Å². The number of methoxy groups -OCH3 is 1. The molecule has 2 N–H and O–H groups in total. The first-order chi connectivity index (χ1) is 12.6. The number of carbonyl (C=O) groups is 1. The predicted octanol–water partition coefficient (Wildman–Crippen LogP) is 3.05. The number of anilines is 2. The Balaban J connectivity index is 1.72. The number of benzene rings is 1. The van der Waals surface area contributed by atoms with Crippen LogP contribution >= 0.6 is 0 Å². The minimum atomic E-state index is -0.312. The number of pyridine rings is 1. The van der Waals surface area contributed by atoms with Gasteiger partial charge in [0, 0.05) is 36.8 Å². The van der Waals surface area contributed by atoms with Crippen LogP contribution in [0.1, 0.15) is 21.9 Å². The Morgan fingerprint density at radius 1 is 1.15 bits per heavy atom. The molecule has 0 saturated heterocycles. The monoisotopic (exact) mass is 349 g/mol. The number of aromatic nitrogens is 3. The molecule has 0 aliphatic heterocycles. The molecular formula is C19H19N5O2. The summed E-state index contributed by atoms with van der Waals surface area (Å²) in [6.07, 6.45) is 3.50. The molecule has 1 amide bonds. The highest BCUT2D eigenvalue weighted by atomic mass is 16.5. The fourth-order valence-corrected chi connectivity index (χ4v) is 2.37. The molecule has 0 spiro atoms. The lowest BCUT2D eigenvalue weighted by atomic mass is 10.2. The van der Waals surface area contributed by atoms with Crippen LogP contribution in [0.2, 0.25) is 0 Å². The molecular weight excluding hydrogens is 330 g/mol. The van der Waals surface area contributed by atoms with Gasteiger partial charge in [-0.1, -0.05) is 12.1 Å². The number of nitrogens with one attached hydrogen (secondary N) is 2. The van der Waals surface area contributed by atoms with E-state index in [1.807, 2.05) is 18.2 Å². The summed E-state index contributed by atoms with van der Waals surface area (Å²) in [6.45, 7) is 2.30. The van der Waals surface area contributed by atoms with Crippen molar-refractivity contribution >= 4 is 17.4 Å². The maximum Gasteiger partial charge on any atom is 0.274 e. The number of rotatable bonds is 6. The first kappa shape index (κ1) is 17.3. The molecule has 26 heavy (non-hydrogen) atoms. The summed E-state index contributed by atoms with van der Waals surface area (Å²) in [7, 11) is 1.58. The molecule has 0 atom stereocenters. The lowest BCUT2D eigenvalue weighted by Gasteiger charge is -2.10. The molecule has 0 saturated carbocycles. The van der Waals surface area contributed by atoms with Crippen molar-refractivity contribution < 1.29 is 9.53 Å². The van der Waals surface area contributed by atoms with Gasteiger partial charge in [0.1, 0.15) is 23.1 Å². The van der Waals surface area contributed by atoms with Gasteiger partial charge in [0.2, 0.25) is 0 Å². The van der Waals surface area contributed by atoms with Crippen molar-refractivity contribution in [3.8, 4) is 5.75 Å².